The van der Waals surface area contributed by atoms with E-state index in [1.807, 2.05) is 4.68 Å². The van der Waals surface area contributed by atoms with Crippen molar-refractivity contribution in [1.29, 1.82) is 0 Å². The molecule has 0 aliphatic heterocycles. The molecule has 3 nitrogen and oxygen atoms in total. The number of hydrogen-bond donors (Lipinski definition) is 1. The van der Waals surface area contributed by atoms with E-state index in [4.69, 9.17) is 5.10 Å². The third kappa shape index (κ3) is 2.47. The summed E-state index contributed by atoms with van der Waals surface area (Å²) in [5.74, 6) is 1.22. The summed E-state index contributed by atoms with van der Waals surface area (Å²) in [5, 5.41) is 16.4. The lowest BCUT2D eigenvalue weighted by Crippen LogP contribution is -2.21. The van der Waals surface area contributed by atoms with E-state index in [1.165, 1.54) is 17.3 Å². The Labute approximate surface area is 120 Å². The van der Waals surface area contributed by atoms with Gasteiger partial charge in [-0.15, -0.1) is 0 Å². The van der Waals surface area contributed by atoms with Crippen molar-refractivity contribution in [3.63, 3.8) is 0 Å². The van der Waals surface area contributed by atoms with E-state index in [2.05, 4.69) is 38.1 Å². The van der Waals surface area contributed by atoms with E-state index in [0.29, 0.717) is 12.3 Å². The van der Waals surface area contributed by atoms with Crippen molar-refractivity contribution in [3.05, 3.63) is 30.0 Å². The van der Waals surface area contributed by atoms with E-state index in [1.54, 1.807) is 0 Å². The fourth-order valence-electron chi connectivity index (χ4n) is 3.55. The van der Waals surface area contributed by atoms with Gasteiger partial charge < -0.3 is 5.11 Å². The number of aliphatic hydroxyl groups is 1. The van der Waals surface area contributed by atoms with Crippen LogP contribution in [0.25, 0.3) is 10.9 Å². The van der Waals surface area contributed by atoms with Crippen molar-refractivity contribution in [3.8, 4) is 0 Å². The summed E-state index contributed by atoms with van der Waals surface area (Å²) in [6.45, 7) is 5.27. The maximum absolute atomic E-state index is 10.5. The normalized spacial score (nSPS) is 24.4. The molecule has 1 N–H and O–H groups in total. The van der Waals surface area contributed by atoms with E-state index >= 15 is 0 Å². The Morgan fingerprint density at radius 3 is 2.85 bits per heavy atom. The molecule has 20 heavy (non-hydrogen) atoms. The predicted molar refractivity (Wildman–Crippen MR) is 81.6 cm³/mol. The molecule has 1 aliphatic rings. The van der Waals surface area contributed by atoms with Crippen molar-refractivity contribution in [2.24, 2.45) is 11.8 Å². The maximum Gasteiger partial charge on any atom is 0.0729 e. The molecule has 108 valence electrons. The molecule has 3 unspecified atom stereocenters. The zero-order valence-electron chi connectivity index (χ0n) is 12.4. The van der Waals surface area contributed by atoms with Crippen molar-refractivity contribution in [2.45, 2.75) is 52.2 Å². The van der Waals surface area contributed by atoms with Gasteiger partial charge in [-0.1, -0.05) is 31.5 Å². The highest BCUT2D eigenvalue weighted by Crippen LogP contribution is 2.34. The molecule has 1 aromatic heterocycles. The molecule has 0 saturated heterocycles. The van der Waals surface area contributed by atoms with Gasteiger partial charge in [-0.2, -0.15) is 5.10 Å². The topological polar surface area (TPSA) is 38.0 Å². The van der Waals surface area contributed by atoms with Crippen LogP contribution in [0.15, 0.2) is 24.3 Å². The Bertz CT molecular complexity index is 590. The number of para-hydroxylation sites is 1. The first-order valence-electron chi connectivity index (χ1n) is 7.81. The van der Waals surface area contributed by atoms with Gasteiger partial charge in [0.1, 0.15) is 0 Å². The molecular weight excluding hydrogens is 248 g/mol. The Morgan fingerprint density at radius 2 is 2.15 bits per heavy atom. The quantitative estimate of drug-likeness (QED) is 0.926. The van der Waals surface area contributed by atoms with Crippen LogP contribution in [0.4, 0.5) is 0 Å². The summed E-state index contributed by atoms with van der Waals surface area (Å²) >= 11 is 0. The summed E-state index contributed by atoms with van der Waals surface area (Å²) in [6.07, 6.45) is 4.02. The molecule has 1 saturated carbocycles. The van der Waals surface area contributed by atoms with Gasteiger partial charge in [0, 0.05) is 18.4 Å². The minimum Gasteiger partial charge on any atom is -0.392 e. The second kappa shape index (κ2) is 5.57. The number of aromatic nitrogens is 2. The van der Waals surface area contributed by atoms with Crippen LogP contribution in [0.3, 0.4) is 0 Å². The molecule has 0 amide bonds. The summed E-state index contributed by atoms with van der Waals surface area (Å²) in [6, 6.07) is 8.33. The highest BCUT2D eigenvalue weighted by Gasteiger charge is 2.28. The average Bonchev–Trinajstić information content (AvgIpc) is 3.03. The van der Waals surface area contributed by atoms with Gasteiger partial charge in [0.25, 0.3) is 0 Å². The van der Waals surface area contributed by atoms with E-state index in [-0.39, 0.29) is 6.10 Å². The van der Waals surface area contributed by atoms with Gasteiger partial charge in [0.05, 0.1) is 17.3 Å². The van der Waals surface area contributed by atoms with Gasteiger partial charge in [-0.05, 0) is 37.7 Å². The Kier molecular flexibility index (Phi) is 3.79. The predicted octanol–water partition coefficient (Wildman–Crippen LogP) is 3.40. The molecule has 2 aromatic rings. The molecule has 1 heterocycles. The third-order valence-electron chi connectivity index (χ3n) is 4.72. The maximum atomic E-state index is 10.5. The van der Waals surface area contributed by atoms with Crippen LogP contribution in [0.5, 0.6) is 0 Å². The van der Waals surface area contributed by atoms with Gasteiger partial charge in [-0.25, -0.2) is 0 Å². The Morgan fingerprint density at radius 1 is 1.35 bits per heavy atom. The molecule has 3 heteroatoms. The number of nitrogens with zero attached hydrogens (tertiary/aromatic N) is 2. The SMILES string of the molecule is CCn1nc(CC(O)C2CCC(C)C2)c2ccccc21. The van der Waals surface area contributed by atoms with Gasteiger partial charge in [0.15, 0.2) is 0 Å². The zero-order valence-corrected chi connectivity index (χ0v) is 12.4. The monoisotopic (exact) mass is 272 g/mol. The Balaban J connectivity index is 1.83. The molecule has 1 aliphatic carbocycles. The fraction of sp³-hybridized carbons (Fsp3) is 0.588. The lowest BCUT2D eigenvalue weighted by Gasteiger charge is -2.17. The zero-order chi connectivity index (χ0) is 14.1. The van der Waals surface area contributed by atoms with Crippen LogP contribution in [0.2, 0.25) is 0 Å². The van der Waals surface area contributed by atoms with Crippen molar-refractivity contribution < 1.29 is 5.11 Å². The molecule has 1 aromatic carbocycles. The van der Waals surface area contributed by atoms with Crippen LogP contribution in [-0.2, 0) is 13.0 Å². The number of benzene rings is 1. The lowest BCUT2D eigenvalue weighted by molar-refractivity contribution is 0.108. The molecular formula is C17H24N2O. The first kappa shape index (κ1) is 13.6. The van der Waals surface area contributed by atoms with E-state index in [0.717, 1.165) is 31.0 Å². The third-order valence-corrected chi connectivity index (χ3v) is 4.72. The number of hydrogen-bond acceptors (Lipinski definition) is 2. The largest absolute Gasteiger partial charge is 0.392 e. The molecule has 0 bridgehead atoms. The molecule has 0 radical (unpaired) electrons. The van der Waals surface area contributed by atoms with Crippen LogP contribution < -0.4 is 0 Å². The molecule has 0 spiro atoms. The minimum atomic E-state index is -0.247. The summed E-state index contributed by atoms with van der Waals surface area (Å²) in [5.41, 5.74) is 2.23. The number of fused-ring (bicyclic) bond motifs is 1. The van der Waals surface area contributed by atoms with Crippen LogP contribution in [0.1, 0.15) is 38.8 Å². The van der Waals surface area contributed by atoms with Crippen LogP contribution in [0, 0.1) is 11.8 Å². The van der Waals surface area contributed by atoms with Crippen molar-refractivity contribution in [2.75, 3.05) is 0 Å². The van der Waals surface area contributed by atoms with Crippen molar-refractivity contribution in [1.82, 2.24) is 9.78 Å². The number of aryl methyl sites for hydroxylation is 1. The lowest BCUT2D eigenvalue weighted by atomic mass is 9.95. The summed E-state index contributed by atoms with van der Waals surface area (Å²) in [7, 11) is 0. The van der Waals surface area contributed by atoms with Crippen LogP contribution >= 0.6 is 0 Å². The molecule has 3 rings (SSSR count). The van der Waals surface area contributed by atoms with E-state index < -0.39 is 0 Å². The standard InChI is InChI=1S/C17H24N2O/c1-3-19-16-7-5-4-6-14(16)15(18-19)11-17(20)13-9-8-12(2)10-13/h4-7,12-13,17,20H,3,8-11H2,1-2H3. The molecule has 1 fully saturated rings. The highest BCUT2D eigenvalue weighted by atomic mass is 16.3. The average molecular weight is 272 g/mol. The second-order valence-electron chi connectivity index (χ2n) is 6.23. The van der Waals surface area contributed by atoms with Gasteiger partial charge in [0.2, 0.25) is 0 Å². The Hall–Kier alpha value is -1.35. The first-order chi connectivity index (χ1) is 9.69. The number of aliphatic hydroxyl groups excluding tert-OH is 1. The smallest absolute Gasteiger partial charge is 0.0729 e. The summed E-state index contributed by atoms with van der Waals surface area (Å²) < 4.78 is 2.04. The highest BCUT2D eigenvalue weighted by molar-refractivity contribution is 5.82. The van der Waals surface area contributed by atoms with Crippen LogP contribution in [-0.4, -0.2) is 21.0 Å². The van der Waals surface area contributed by atoms with Gasteiger partial charge in [-0.3, -0.25) is 4.68 Å². The van der Waals surface area contributed by atoms with E-state index in [9.17, 15) is 5.11 Å². The second-order valence-corrected chi connectivity index (χ2v) is 6.23. The number of rotatable bonds is 4. The van der Waals surface area contributed by atoms with Gasteiger partial charge >= 0.3 is 0 Å². The first-order valence-corrected chi connectivity index (χ1v) is 7.81. The summed E-state index contributed by atoms with van der Waals surface area (Å²) in [4.78, 5) is 0. The van der Waals surface area contributed by atoms with Crippen molar-refractivity contribution >= 4 is 10.9 Å². The fourth-order valence-corrected chi connectivity index (χ4v) is 3.55. The molecule has 3 atom stereocenters. The minimum absolute atomic E-state index is 0.247.